The smallest absolute Gasteiger partial charge is 0.387 e. The van der Waals surface area contributed by atoms with Gasteiger partial charge >= 0.3 is 6.61 Å². The number of thioether (sulfide) groups is 1. The molecule has 0 bridgehead atoms. The number of thiazole rings is 1. The third-order valence-electron chi connectivity index (χ3n) is 3.75. The van der Waals surface area contributed by atoms with Crippen LogP contribution in [-0.4, -0.2) is 17.5 Å². The molecule has 1 N–H and O–H groups in total. The second-order valence-corrected chi connectivity index (χ2v) is 7.99. The summed E-state index contributed by atoms with van der Waals surface area (Å²) in [4.78, 5) is 17.8. The number of aryl methyl sites for hydroxylation is 1. The summed E-state index contributed by atoms with van der Waals surface area (Å²) >= 11 is 3.29. The van der Waals surface area contributed by atoms with Gasteiger partial charge in [0.15, 0.2) is 0 Å². The molecule has 8 heteroatoms. The molecule has 0 saturated heterocycles. The molecule has 0 aliphatic rings. The summed E-state index contributed by atoms with van der Waals surface area (Å²) in [6.45, 7) is -0.673. The lowest BCUT2D eigenvalue weighted by molar-refractivity contribution is -0.0498. The van der Waals surface area contributed by atoms with Crippen molar-refractivity contribution < 1.29 is 18.3 Å². The SMILES string of the molecule is Cc1nc(CSc2ccc(C(=O)NCc3cccc(OC(F)F)c3)cc2)cs1. The van der Waals surface area contributed by atoms with Gasteiger partial charge in [0.05, 0.1) is 10.7 Å². The number of amides is 1. The van der Waals surface area contributed by atoms with Crippen LogP contribution in [0.5, 0.6) is 5.75 Å². The molecule has 0 fully saturated rings. The van der Waals surface area contributed by atoms with Gasteiger partial charge in [0.1, 0.15) is 5.75 Å². The summed E-state index contributed by atoms with van der Waals surface area (Å²) in [6, 6.07) is 13.6. The van der Waals surface area contributed by atoms with Gasteiger partial charge in [-0.05, 0) is 48.9 Å². The third-order valence-corrected chi connectivity index (χ3v) is 5.61. The number of ether oxygens (including phenoxy) is 1. The van der Waals surface area contributed by atoms with Gasteiger partial charge in [0.2, 0.25) is 0 Å². The molecule has 0 saturated carbocycles. The number of rotatable bonds is 8. The number of aromatic nitrogens is 1. The zero-order chi connectivity index (χ0) is 19.9. The van der Waals surface area contributed by atoms with Gasteiger partial charge in [-0.3, -0.25) is 4.79 Å². The number of hydrogen-bond acceptors (Lipinski definition) is 5. The molecule has 0 atom stereocenters. The second-order valence-electron chi connectivity index (χ2n) is 5.88. The number of nitrogens with one attached hydrogen (secondary N) is 1. The number of nitrogens with zero attached hydrogens (tertiary/aromatic N) is 1. The summed E-state index contributed by atoms with van der Waals surface area (Å²) in [5.41, 5.74) is 2.26. The van der Waals surface area contributed by atoms with Crippen LogP contribution in [0.2, 0.25) is 0 Å². The lowest BCUT2D eigenvalue weighted by Crippen LogP contribution is -2.22. The number of halogens is 2. The Morgan fingerprint density at radius 1 is 1.25 bits per heavy atom. The molecule has 146 valence electrons. The fraction of sp³-hybridized carbons (Fsp3) is 0.200. The Kier molecular flexibility index (Phi) is 7.00. The lowest BCUT2D eigenvalue weighted by atomic mass is 10.2. The van der Waals surface area contributed by atoms with E-state index in [1.807, 2.05) is 24.4 Å². The summed E-state index contributed by atoms with van der Waals surface area (Å²) in [5.74, 6) is 0.623. The van der Waals surface area contributed by atoms with E-state index in [9.17, 15) is 13.6 Å². The van der Waals surface area contributed by atoms with E-state index in [2.05, 4.69) is 15.0 Å². The van der Waals surface area contributed by atoms with Crippen molar-refractivity contribution in [1.82, 2.24) is 10.3 Å². The van der Waals surface area contributed by atoms with E-state index < -0.39 is 6.61 Å². The molecule has 28 heavy (non-hydrogen) atoms. The van der Waals surface area contributed by atoms with Crippen LogP contribution in [0.15, 0.2) is 58.8 Å². The Hall–Kier alpha value is -2.45. The van der Waals surface area contributed by atoms with Crippen LogP contribution >= 0.6 is 23.1 Å². The number of hydrogen-bond donors (Lipinski definition) is 1. The van der Waals surface area contributed by atoms with Crippen LogP contribution in [0, 0.1) is 6.92 Å². The third kappa shape index (κ3) is 6.03. The maximum Gasteiger partial charge on any atom is 0.387 e. The Morgan fingerprint density at radius 3 is 2.71 bits per heavy atom. The van der Waals surface area contributed by atoms with E-state index in [4.69, 9.17) is 0 Å². The van der Waals surface area contributed by atoms with E-state index in [0.29, 0.717) is 11.1 Å². The van der Waals surface area contributed by atoms with Crippen molar-refractivity contribution in [3.63, 3.8) is 0 Å². The number of carbonyl (C=O) groups excluding carboxylic acids is 1. The average Bonchev–Trinajstić information content (AvgIpc) is 3.10. The first kappa shape index (κ1) is 20.3. The molecule has 0 spiro atoms. The Balaban J connectivity index is 1.51. The monoisotopic (exact) mass is 420 g/mol. The highest BCUT2D eigenvalue weighted by Crippen LogP contribution is 2.24. The van der Waals surface area contributed by atoms with Gasteiger partial charge in [-0.25, -0.2) is 4.98 Å². The topological polar surface area (TPSA) is 51.2 Å². The first-order chi connectivity index (χ1) is 13.5. The summed E-state index contributed by atoms with van der Waals surface area (Å²) in [6.07, 6.45) is 0. The van der Waals surface area contributed by atoms with Crippen LogP contribution in [0.4, 0.5) is 8.78 Å². The Morgan fingerprint density at radius 2 is 2.04 bits per heavy atom. The molecule has 1 amide bonds. The molecule has 3 rings (SSSR count). The van der Waals surface area contributed by atoms with Crippen LogP contribution in [0.3, 0.4) is 0 Å². The molecule has 0 radical (unpaired) electrons. The van der Waals surface area contributed by atoms with Crippen LogP contribution < -0.4 is 10.1 Å². The minimum Gasteiger partial charge on any atom is -0.435 e. The predicted molar refractivity (Wildman–Crippen MR) is 107 cm³/mol. The highest BCUT2D eigenvalue weighted by Gasteiger charge is 2.08. The summed E-state index contributed by atoms with van der Waals surface area (Å²) < 4.78 is 28.9. The molecule has 4 nitrogen and oxygen atoms in total. The van der Waals surface area contributed by atoms with Crippen molar-refractivity contribution in [1.29, 1.82) is 0 Å². The fourth-order valence-corrected chi connectivity index (χ4v) is 3.96. The van der Waals surface area contributed by atoms with E-state index in [1.54, 1.807) is 47.4 Å². The first-order valence-electron chi connectivity index (χ1n) is 8.45. The van der Waals surface area contributed by atoms with Crippen molar-refractivity contribution in [2.75, 3.05) is 0 Å². The van der Waals surface area contributed by atoms with E-state index in [-0.39, 0.29) is 18.2 Å². The van der Waals surface area contributed by atoms with Gasteiger partial charge in [0, 0.05) is 28.1 Å². The van der Waals surface area contributed by atoms with Gasteiger partial charge in [-0.2, -0.15) is 8.78 Å². The Bertz CT molecular complexity index is 930. The lowest BCUT2D eigenvalue weighted by Gasteiger charge is -2.09. The molecule has 0 unspecified atom stereocenters. The van der Waals surface area contributed by atoms with Gasteiger partial charge in [-0.1, -0.05) is 12.1 Å². The van der Waals surface area contributed by atoms with Crippen molar-refractivity contribution in [2.45, 2.75) is 30.7 Å². The van der Waals surface area contributed by atoms with Crippen molar-refractivity contribution in [3.8, 4) is 5.75 Å². The van der Waals surface area contributed by atoms with E-state index in [1.165, 1.54) is 12.1 Å². The molecule has 3 aromatic rings. The average molecular weight is 421 g/mol. The fourth-order valence-electron chi connectivity index (χ4n) is 2.45. The van der Waals surface area contributed by atoms with Crippen molar-refractivity contribution in [3.05, 3.63) is 75.7 Å². The largest absolute Gasteiger partial charge is 0.435 e. The highest BCUT2D eigenvalue weighted by molar-refractivity contribution is 7.98. The second kappa shape index (κ2) is 9.66. The van der Waals surface area contributed by atoms with Gasteiger partial charge in [0.25, 0.3) is 5.91 Å². The summed E-state index contributed by atoms with van der Waals surface area (Å²) in [5, 5.41) is 5.88. The van der Waals surface area contributed by atoms with Crippen molar-refractivity contribution >= 4 is 29.0 Å². The van der Waals surface area contributed by atoms with Crippen LogP contribution in [0.25, 0.3) is 0 Å². The predicted octanol–water partition coefficient (Wildman–Crippen LogP) is 5.28. The summed E-state index contributed by atoms with van der Waals surface area (Å²) in [7, 11) is 0. The zero-order valence-corrected chi connectivity index (χ0v) is 16.7. The molecule has 0 aliphatic carbocycles. The number of benzene rings is 2. The number of alkyl halides is 2. The van der Waals surface area contributed by atoms with E-state index >= 15 is 0 Å². The normalized spacial score (nSPS) is 10.9. The van der Waals surface area contributed by atoms with Crippen LogP contribution in [0.1, 0.15) is 26.6 Å². The zero-order valence-electron chi connectivity index (χ0n) is 15.0. The maximum absolute atomic E-state index is 12.3. The molecule has 1 aromatic heterocycles. The minimum absolute atomic E-state index is 0.0680. The highest BCUT2D eigenvalue weighted by atomic mass is 32.2. The Labute approximate surface area is 170 Å². The van der Waals surface area contributed by atoms with Crippen molar-refractivity contribution in [2.24, 2.45) is 0 Å². The first-order valence-corrected chi connectivity index (χ1v) is 10.3. The molecular formula is C20H18F2N2O2S2. The number of carbonyl (C=O) groups is 1. The maximum atomic E-state index is 12.3. The van der Waals surface area contributed by atoms with E-state index in [0.717, 1.165) is 21.3 Å². The molecule has 2 aromatic carbocycles. The van der Waals surface area contributed by atoms with Gasteiger partial charge in [-0.15, -0.1) is 23.1 Å². The standard InChI is InChI=1S/C20H18F2N2O2S2/c1-13-24-16(11-27-13)12-28-18-7-5-15(6-8-18)19(25)23-10-14-3-2-4-17(9-14)26-20(21)22/h2-9,11,20H,10,12H2,1H3,(H,23,25). The minimum atomic E-state index is -2.87. The molecule has 0 aliphatic heterocycles. The quantitative estimate of drug-likeness (QED) is 0.504. The molecular weight excluding hydrogens is 402 g/mol. The van der Waals surface area contributed by atoms with Gasteiger partial charge < -0.3 is 10.1 Å². The van der Waals surface area contributed by atoms with Crippen LogP contribution in [-0.2, 0) is 12.3 Å². The molecule has 1 heterocycles.